The lowest BCUT2D eigenvalue weighted by Crippen LogP contribution is -2.40. The van der Waals surface area contributed by atoms with Gasteiger partial charge in [-0.1, -0.05) is 35.9 Å². The minimum absolute atomic E-state index is 0. The lowest BCUT2D eigenvalue weighted by molar-refractivity contribution is -0.116. The molecule has 1 amide bonds. The van der Waals surface area contributed by atoms with Gasteiger partial charge in [-0.2, -0.15) is 0 Å². The summed E-state index contributed by atoms with van der Waals surface area (Å²) in [7, 11) is 0. The van der Waals surface area contributed by atoms with Crippen LogP contribution in [0, 0.1) is 0 Å². The third-order valence-corrected chi connectivity index (χ3v) is 4.94. The Morgan fingerprint density at radius 2 is 2.03 bits per heavy atom. The van der Waals surface area contributed by atoms with E-state index in [4.69, 9.17) is 16.3 Å². The highest BCUT2D eigenvalue weighted by Gasteiger charge is 2.24. The van der Waals surface area contributed by atoms with Crippen LogP contribution in [0.5, 0.6) is 5.75 Å². The number of hydrogen-bond acceptors (Lipinski definition) is 3. The van der Waals surface area contributed by atoms with Gasteiger partial charge in [-0.05, 0) is 37.6 Å². The van der Waals surface area contributed by atoms with Crippen LogP contribution in [0.3, 0.4) is 0 Å². The molecule has 0 spiro atoms. The molecule has 6 nitrogen and oxygen atoms in total. The number of aliphatic imine (C=N–C) groups is 1. The number of para-hydroxylation sites is 1. The number of rotatable bonds is 7. The molecule has 1 aliphatic heterocycles. The van der Waals surface area contributed by atoms with Crippen molar-refractivity contribution in [2.45, 2.75) is 32.7 Å². The van der Waals surface area contributed by atoms with Gasteiger partial charge in [0.2, 0.25) is 5.91 Å². The van der Waals surface area contributed by atoms with Crippen molar-refractivity contribution in [1.29, 1.82) is 0 Å². The number of benzene rings is 2. The molecule has 0 radical (unpaired) electrons. The van der Waals surface area contributed by atoms with Crippen molar-refractivity contribution in [2.75, 3.05) is 25.0 Å². The Hall–Kier alpha value is -2.00. The van der Waals surface area contributed by atoms with Crippen LogP contribution in [-0.4, -0.2) is 31.6 Å². The van der Waals surface area contributed by atoms with E-state index in [1.54, 1.807) is 0 Å². The van der Waals surface area contributed by atoms with E-state index in [9.17, 15) is 4.79 Å². The van der Waals surface area contributed by atoms with Crippen LogP contribution in [0.1, 0.15) is 37.3 Å². The molecule has 1 aliphatic rings. The fourth-order valence-corrected chi connectivity index (χ4v) is 3.52. The number of guanidine groups is 1. The topological polar surface area (TPSA) is 74.8 Å². The molecule has 30 heavy (non-hydrogen) atoms. The Morgan fingerprint density at radius 3 is 2.80 bits per heavy atom. The highest BCUT2D eigenvalue weighted by Crippen LogP contribution is 2.31. The summed E-state index contributed by atoms with van der Waals surface area (Å²) in [4.78, 5) is 16.7. The summed E-state index contributed by atoms with van der Waals surface area (Å²) >= 11 is 6.08. The van der Waals surface area contributed by atoms with Crippen molar-refractivity contribution in [1.82, 2.24) is 10.6 Å². The van der Waals surface area contributed by atoms with Crippen molar-refractivity contribution in [3.63, 3.8) is 0 Å². The molecule has 0 aromatic heterocycles. The lowest BCUT2D eigenvalue weighted by atomic mass is 9.90. The average molecular weight is 543 g/mol. The number of carbonyl (C=O) groups is 1. The number of anilines is 1. The largest absolute Gasteiger partial charge is 0.493 e. The quantitative estimate of drug-likeness (QED) is 0.273. The predicted molar refractivity (Wildman–Crippen MR) is 133 cm³/mol. The lowest BCUT2D eigenvalue weighted by Gasteiger charge is -2.26. The fourth-order valence-electron chi connectivity index (χ4n) is 3.36. The van der Waals surface area contributed by atoms with E-state index in [0.717, 1.165) is 29.1 Å². The van der Waals surface area contributed by atoms with Crippen LogP contribution in [0.25, 0.3) is 0 Å². The molecule has 0 bridgehead atoms. The zero-order chi connectivity index (χ0) is 20.6. The molecule has 2 aromatic carbocycles. The van der Waals surface area contributed by atoms with Gasteiger partial charge < -0.3 is 20.7 Å². The number of halogens is 2. The van der Waals surface area contributed by atoms with Crippen molar-refractivity contribution in [2.24, 2.45) is 4.99 Å². The van der Waals surface area contributed by atoms with Crippen molar-refractivity contribution < 1.29 is 9.53 Å². The summed E-state index contributed by atoms with van der Waals surface area (Å²) in [6.07, 6.45) is 0.453. The molecule has 0 saturated heterocycles. The van der Waals surface area contributed by atoms with E-state index < -0.39 is 0 Å². The molecule has 2 aromatic rings. The van der Waals surface area contributed by atoms with Gasteiger partial charge >= 0.3 is 0 Å². The molecule has 0 fully saturated rings. The maximum atomic E-state index is 12.0. The first-order valence-corrected chi connectivity index (χ1v) is 10.3. The summed E-state index contributed by atoms with van der Waals surface area (Å²) in [5, 5.41) is 10.2. The summed E-state index contributed by atoms with van der Waals surface area (Å²) in [6.45, 7) is 6.36. The molecule has 8 heteroatoms. The second-order valence-corrected chi connectivity index (χ2v) is 7.23. The Kier molecular flexibility index (Phi) is 9.71. The minimum atomic E-state index is 0. The number of fused-ring (bicyclic) bond motifs is 1. The Labute approximate surface area is 199 Å². The average Bonchev–Trinajstić information content (AvgIpc) is 2.71. The van der Waals surface area contributed by atoms with Gasteiger partial charge in [0.1, 0.15) is 5.75 Å². The maximum Gasteiger partial charge on any atom is 0.225 e. The van der Waals surface area contributed by atoms with Crippen LogP contribution < -0.4 is 20.7 Å². The third-order valence-electron chi connectivity index (χ3n) is 4.70. The van der Waals surface area contributed by atoms with Gasteiger partial charge in [0.25, 0.3) is 0 Å². The maximum absolute atomic E-state index is 12.0. The molecule has 3 N–H and O–H groups in total. The molecule has 0 saturated carbocycles. The van der Waals surface area contributed by atoms with Gasteiger partial charge in [-0.15, -0.1) is 24.0 Å². The van der Waals surface area contributed by atoms with Crippen molar-refractivity contribution in [3.8, 4) is 5.75 Å². The number of amides is 1. The molecular weight excluding hydrogens is 515 g/mol. The van der Waals surface area contributed by atoms with E-state index >= 15 is 0 Å². The molecule has 1 unspecified atom stereocenters. The number of ether oxygens (including phenoxy) is 1. The Balaban J connectivity index is 0.00000320. The van der Waals surface area contributed by atoms with E-state index in [1.807, 2.05) is 50.2 Å². The zero-order valence-electron chi connectivity index (χ0n) is 17.2. The first-order valence-electron chi connectivity index (χ1n) is 9.92. The van der Waals surface area contributed by atoms with Crippen LogP contribution >= 0.6 is 35.6 Å². The number of nitrogens with zero attached hydrogens (tertiary/aromatic N) is 1. The van der Waals surface area contributed by atoms with E-state index in [0.29, 0.717) is 37.1 Å². The van der Waals surface area contributed by atoms with Crippen LogP contribution in [0.2, 0.25) is 5.02 Å². The number of carbonyl (C=O) groups excluding carboxylic acids is 1. The molecular formula is C22H28ClIN4O2. The van der Waals surface area contributed by atoms with Gasteiger partial charge in [0.15, 0.2) is 5.96 Å². The fraction of sp³-hybridized carbons (Fsp3) is 0.364. The van der Waals surface area contributed by atoms with Crippen LogP contribution in [-0.2, 0) is 11.3 Å². The molecule has 1 atom stereocenters. The van der Waals surface area contributed by atoms with Gasteiger partial charge in [-0.3, -0.25) is 4.79 Å². The van der Waals surface area contributed by atoms with Crippen LogP contribution in [0.4, 0.5) is 5.69 Å². The van der Waals surface area contributed by atoms with Gasteiger partial charge in [0, 0.05) is 41.7 Å². The minimum Gasteiger partial charge on any atom is -0.493 e. The predicted octanol–water partition coefficient (Wildman–Crippen LogP) is 4.54. The SMILES string of the molecule is CCNC(=NCc1ccc(Cl)cc1OCC)NCC1CC(=O)Nc2ccccc21.I. The summed E-state index contributed by atoms with van der Waals surface area (Å²) < 4.78 is 5.68. The van der Waals surface area contributed by atoms with E-state index in [-0.39, 0.29) is 35.8 Å². The normalized spacial score (nSPS) is 15.5. The second kappa shape index (κ2) is 12.0. The first-order chi connectivity index (χ1) is 14.1. The number of nitrogens with one attached hydrogen (secondary N) is 3. The van der Waals surface area contributed by atoms with Gasteiger partial charge in [-0.25, -0.2) is 4.99 Å². The highest BCUT2D eigenvalue weighted by atomic mass is 127. The van der Waals surface area contributed by atoms with Crippen molar-refractivity contribution >= 4 is 53.1 Å². The standard InChI is InChI=1S/C22H27ClN4O2.HI/c1-3-24-22(25-13-15-9-10-17(23)12-20(15)29-4-2)26-14-16-11-21(28)27-19-8-6-5-7-18(16)19;/h5-10,12,16H,3-4,11,13-14H2,1-2H3,(H,27,28)(H2,24,25,26);1H. The van der Waals surface area contributed by atoms with E-state index in [1.165, 1.54) is 0 Å². The summed E-state index contributed by atoms with van der Waals surface area (Å²) in [6, 6.07) is 13.5. The smallest absolute Gasteiger partial charge is 0.225 e. The first kappa shape index (κ1) is 24.3. The Bertz CT molecular complexity index is 891. The number of hydrogen-bond donors (Lipinski definition) is 3. The van der Waals surface area contributed by atoms with Crippen LogP contribution in [0.15, 0.2) is 47.5 Å². The Morgan fingerprint density at radius 1 is 1.23 bits per heavy atom. The van der Waals surface area contributed by atoms with Gasteiger partial charge in [0.05, 0.1) is 13.2 Å². The zero-order valence-corrected chi connectivity index (χ0v) is 20.3. The second-order valence-electron chi connectivity index (χ2n) is 6.80. The molecule has 0 aliphatic carbocycles. The summed E-state index contributed by atoms with van der Waals surface area (Å²) in [5.74, 6) is 1.59. The molecule has 162 valence electrons. The molecule has 3 rings (SSSR count). The monoisotopic (exact) mass is 542 g/mol. The molecule has 1 heterocycles. The summed E-state index contributed by atoms with van der Waals surface area (Å²) in [5.41, 5.74) is 3.00. The third kappa shape index (κ3) is 6.50. The van der Waals surface area contributed by atoms with Crippen molar-refractivity contribution in [3.05, 3.63) is 58.6 Å². The van der Waals surface area contributed by atoms with E-state index in [2.05, 4.69) is 27.0 Å². The highest BCUT2D eigenvalue weighted by molar-refractivity contribution is 14.0.